The summed E-state index contributed by atoms with van der Waals surface area (Å²) in [4.78, 5) is 9.34. The van der Waals surface area contributed by atoms with E-state index in [9.17, 15) is 0 Å². The highest BCUT2D eigenvalue weighted by Gasteiger charge is 2.19. The van der Waals surface area contributed by atoms with Gasteiger partial charge in [0.1, 0.15) is 5.75 Å². The summed E-state index contributed by atoms with van der Waals surface area (Å²) in [5, 5.41) is 3.51. The molecule has 0 spiro atoms. The largest absolute Gasteiger partial charge is 0.497 e. The number of guanidine groups is 1. The Morgan fingerprint density at radius 1 is 0.963 bits per heavy atom. The Morgan fingerprint density at radius 3 is 2.30 bits per heavy atom. The van der Waals surface area contributed by atoms with E-state index in [2.05, 4.69) is 62.6 Å². The van der Waals surface area contributed by atoms with Crippen molar-refractivity contribution in [3.05, 3.63) is 65.7 Å². The first-order valence-corrected chi connectivity index (χ1v) is 9.63. The highest BCUT2D eigenvalue weighted by Crippen LogP contribution is 2.12. The fourth-order valence-electron chi connectivity index (χ4n) is 3.40. The van der Waals surface area contributed by atoms with E-state index in [-0.39, 0.29) is 0 Å². The fourth-order valence-corrected chi connectivity index (χ4v) is 3.40. The van der Waals surface area contributed by atoms with Crippen LogP contribution in [0.2, 0.25) is 0 Å². The van der Waals surface area contributed by atoms with Crippen LogP contribution in [0.25, 0.3) is 0 Å². The maximum absolute atomic E-state index is 5.21. The van der Waals surface area contributed by atoms with Crippen molar-refractivity contribution in [2.75, 3.05) is 46.9 Å². The van der Waals surface area contributed by atoms with Crippen LogP contribution in [0.15, 0.2) is 59.6 Å². The van der Waals surface area contributed by atoms with Gasteiger partial charge in [-0.15, -0.1) is 0 Å². The predicted octanol–water partition coefficient (Wildman–Crippen LogP) is 2.63. The minimum absolute atomic E-state index is 0.878. The molecule has 1 heterocycles. The molecule has 1 aliphatic heterocycles. The number of rotatable bonds is 6. The lowest BCUT2D eigenvalue weighted by molar-refractivity contribution is 0.172. The molecule has 144 valence electrons. The Morgan fingerprint density at radius 2 is 1.67 bits per heavy atom. The van der Waals surface area contributed by atoms with Crippen LogP contribution >= 0.6 is 0 Å². The summed E-state index contributed by atoms with van der Waals surface area (Å²) in [6.45, 7) is 6.05. The van der Waals surface area contributed by atoms with E-state index < -0.39 is 0 Å². The molecule has 2 aromatic carbocycles. The maximum Gasteiger partial charge on any atom is 0.193 e. The molecule has 0 aliphatic carbocycles. The molecule has 1 fully saturated rings. The van der Waals surface area contributed by atoms with E-state index >= 15 is 0 Å². The Labute approximate surface area is 162 Å². The van der Waals surface area contributed by atoms with Crippen molar-refractivity contribution < 1.29 is 4.74 Å². The highest BCUT2D eigenvalue weighted by molar-refractivity contribution is 5.80. The van der Waals surface area contributed by atoms with Crippen LogP contribution in [0.1, 0.15) is 11.1 Å². The normalized spacial score (nSPS) is 15.6. The van der Waals surface area contributed by atoms with Crippen LogP contribution in [0.5, 0.6) is 5.75 Å². The molecule has 27 heavy (non-hydrogen) atoms. The number of ether oxygens (including phenoxy) is 1. The second kappa shape index (κ2) is 9.97. The number of aliphatic imine (C=N–C) groups is 1. The van der Waals surface area contributed by atoms with Gasteiger partial charge in [0.05, 0.1) is 7.11 Å². The molecule has 5 nitrogen and oxygen atoms in total. The summed E-state index contributed by atoms with van der Waals surface area (Å²) in [6.07, 6.45) is 0.969. The minimum atomic E-state index is 0.878. The molecule has 0 atom stereocenters. The molecule has 3 rings (SSSR count). The van der Waals surface area contributed by atoms with Crippen molar-refractivity contribution in [3.63, 3.8) is 0 Å². The van der Waals surface area contributed by atoms with Gasteiger partial charge >= 0.3 is 0 Å². The van der Waals surface area contributed by atoms with Crippen molar-refractivity contribution in [1.29, 1.82) is 0 Å². The summed E-state index contributed by atoms with van der Waals surface area (Å²) in [5.41, 5.74) is 2.68. The predicted molar refractivity (Wildman–Crippen MR) is 111 cm³/mol. The number of benzene rings is 2. The van der Waals surface area contributed by atoms with E-state index in [0.29, 0.717) is 0 Å². The average Bonchev–Trinajstić information content (AvgIpc) is 2.73. The monoisotopic (exact) mass is 366 g/mol. The second-order valence-corrected chi connectivity index (χ2v) is 6.82. The molecule has 0 radical (unpaired) electrons. The van der Waals surface area contributed by atoms with Gasteiger partial charge in [-0.2, -0.15) is 0 Å². The van der Waals surface area contributed by atoms with Gasteiger partial charge in [0.25, 0.3) is 0 Å². The van der Waals surface area contributed by atoms with Gasteiger partial charge in [-0.3, -0.25) is 9.89 Å². The number of methoxy groups -OCH3 is 1. The van der Waals surface area contributed by atoms with Crippen molar-refractivity contribution in [1.82, 2.24) is 15.1 Å². The van der Waals surface area contributed by atoms with Gasteiger partial charge < -0.3 is 15.0 Å². The molecular formula is C22H30N4O. The molecule has 0 bridgehead atoms. The molecule has 0 amide bonds. The van der Waals surface area contributed by atoms with Crippen LogP contribution in [-0.4, -0.2) is 62.6 Å². The first kappa shape index (κ1) is 19.2. The lowest BCUT2D eigenvalue weighted by Gasteiger charge is -2.36. The van der Waals surface area contributed by atoms with Gasteiger partial charge in [-0.25, -0.2) is 0 Å². The fraction of sp³-hybridized carbons (Fsp3) is 0.409. The average molecular weight is 367 g/mol. The summed E-state index contributed by atoms with van der Waals surface area (Å²) >= 11 is 0. The Balaban J connectivity index is 1.42. The molecule has 0 unspecified atom stereocenters. The highest BCUT2D eigenvalue weighted by atomic mass is 16.5. The maximum atomic E-state index is 5.21. The van der Waals surface area contributed by atoms with Gasteiger partial charge in [0.15, 0.2) is 5.96 Å². The molecule has 1 N–H and O–H groups in total. The second-order valence-electron chi connectivity index (χ2n) is 6.82. The van der Waals surface area contributed by atoms with Crippen molar-refractivity contribution in [2.24, 2.45) is 4.99 Å². The molecule has 0 aromatic heterocycles. The minimum Gasteiger partial charge on any atom is -0.497 e. The third kappa shape index (κ3) is 5.73. The Bertz CT molecular complexity index is 707. The third-order valence-corrected chi connectivity index (χ3v) is 4.99. The van der Waals surface area contributed by atoms with Crippen LogP contribution in [0.3, 0.4) is 0 Å². The summed E-state index contributed by atoms with van der Waals surface area (Å²) in [5.74, 6) is 1.90. The molecule has 5 heteroatoms. The van der Waals surface area contributed by atoms with Crippen molar-refractivity contribution in [3.8, 4) is 5.75 Å². The zero-order valence-electron chi connectivity index (χ0n) is 16.4. The quantitative estimate of drug-likeness (QED) is 0.630. The topological polar surface area (TPSA) is 40.1 Å². The summed E-state index contributed by atoms with van der Waals surface area (Å²) in [7, 11) is 3.56. The van der Waals surface area contributed by atoms with Gasteiger partial charge in [-0.1, -0.05) is 42.5 Å². The summed E-state index contributed by atoms with van der Waals surface area (Å²) in [6, 6.07) is 18.9. The van der Waals surface area contributed by atoms with Gasteiger partial charge in [-0.05, 0) is 29.7 Å². The first-order valence-electron chi connectivity index (χ1n) is 9.63. The van der Waals surface area contributed by atoms with Crippen LogP contribution < -0.4 is 10.1 Å². The lowest BCUT2D eigenvalue weighted by atomic mass is 10.1. The smallest absolute Gasteiger partial charge is 0.193 e. The van der Waals surface area contributed by atoms with Crippen molar-refractivity contribution >= 4 is 5.96 Å². The van der Waals surface area contributed by atoms with Gasteiger partial charge in [0.2, 0.25) is 0 Å². The number of piperazine rings is 1. The molecule has 1 saturated heterocycles. The number of nitrogens with zero attached hydrogens (tertiary/aromatic N) is 3. The van der Waals surface area contributed by atoms with E-state index in [4.69, 9.17) is 4.74 Å². The zero-order chi connectivity index (χ0) is 18.9. The van der Waals surface area contributed by atoms with Crippen LogP contribution in [-0.2, 0) is 13.0 Å². The molecular weight excluding hydrogens is 336 g/mol. The molecule has 0 saturated carbocycles. The Hall–Kier alpha value is -2.53. The van der Waals surface area contributed by atoms with E-state index in [1.807, 2.05) is 19.2 Å². The van der Waals surface area contributed by atoms with Gasteiger partial charge in [0, 0.05) is 46.3 Å². The van der Waals surface area contributed by atoms with E-state index in [1.165, 1.54) is 11.1 Å². The summed E-state index contributed by atoms with van der Waals surface area (Å²) < 4.78 is 5.21. The van der Waals surface area contributed by atoms with Crippen molar-refractivity contribution in [2.45, 2.75) is 13.0 Å². The van der Waals surface area contributed by atoms with E-state index in [0.717, 1.165) is 57.4 Å². The van der Waals surface area contributed by atoms with Crippen LogP contribution in [0.4, 0.5) is 0 Å². The number of hydrogen-bond donors (Lipinski definition) is 1. The number of hydrogen-bond acceptors (Lipinski definition) is 3. The Kier molecular flexibility index (Phi) is 7.11. The first-order chi connectivity index (χ1) is 13.3. The SMILES string of the molecule is CN=C(NCCc1ccc(OC)cc1)N1CCN(Cc2ccccc2)CC1. The molecule has 2 aromatic rings. The number of nitrogens with one attached hydrogen (secondary N) is 1. The lowest BCUT2D eigenvalue weighted by Crippen LogP contribution is -2.52. The molecule has 1 aliphatic rings. The third-order valence-electron chi connectivity index (χ3n) is 4.99. The van der Waals surface area contributed by atoms with E-state index in [1.54, 1.807) is 7.11 Å². The van der Waals surface area contributed by atoms with Crippen LogP contribution in [0, 0.1) is 0 Å². The standard InChI is InChI=1S/C22H30N4O/c1-23-22(24-13-12-19-8-10-21(27-2)11-9-19)26-16-14-25(15-17-26)18-20-6-4-3-5-7-20/h3-11H,12-18H2,1-2H3,(H,23,24). The zero-order valence-corrected chi connectivity index (χ0v) is 16.4.